The minimum atomic E-state index is -3.88. The lowest BCUT2D eigenvalue weighted by Crippen LogP contribution is -2.19. The van der Waals surface area contributed by atoms with Gasteiger partial charge in [0, 0.05) is 11.1 Å². The molecule has 5 aromatic rings. The fraction of sp³-hybridized carbons (Fsp3) is 0. The smallest absolute Gasteiger partial charge is 0.276 e. The van der Waals surface area contributed by atoms with Gasteiger partial charge in [0.05, 0.1) is 22.1 Å². The first kappa shape index (κ1) is 21.4. The lowest BCUT2D eigenvalue weighted by atomic mass is 10.1. The molecule has 4 aromatic carbocycles. The average Bonchev–Trinajstić information content (AvgIpc) is 3.26. The number of imidazole rings is 1. The molecule has 0 radical (unpaired) electrons. The van der Waals surface area contributed by atoms with Crippen molar-refractivity contribution in [3.8, 4) is 0 Å². The van der Waals surface area contributed by atoms with Crippen molar-refractivity contribution in [1.29, 1.82) is 0 Å². The number of aromatic amines is 1. The summed E-state index contributed by atoms with van der Waals surface area (Å²) in [6.45, 7) is 0. The molecule has 0 aliphatic heterocycles. The van der Waals surface area contributed by atoms with Crippen molar-refractivity contribution in [1.82, 2.24) is 14.8 Å². The molecule has 9 heteroatoms. The van der Waals surface area contributed by atoms with Crippen LogP contribution >= 0.6 is 0 Å². The number of nitrogens with one attached hydrogen (secondary N) is 3. The Kier molecular flexibility index (Phi) is 5.52. The summed E-state index contributed by atoms with van der Waals surface area (Å²) in [5.74, 6) is -0.0894. The number of nitrogens with zero attached hydrogens (tertiary/aromatic N) is 2. The molecule has 0 saturated carbocycles. The summed E-state index contributed by atoms with van der Waals surface area (Å²) in [5.41, 5.74) is 2.29. The molecule has 0 atom stereocenters. The van der Waals surface area contributed by atoms with Crippen LogP contribution in [0.4, 0.5) is 5.95 Å². The number of fused-ring (bicyclic) bond motifs is 2. The number of amides is 1. The summed E-state index contributed by atoms with van der Waals surface area (Å²) in [7, 11) is -3.88. The number of carbonyl (C=O) groups excluding carboxylic acids is 1. The Hall–Kier alpha value is -4.50. The van der Waals surface area contributed by atoms with Gasteiger partial charge in [-0.15, -0.1) is 0 Å². The molecule has 0 fully saturated rings. The third-order valence-electron chi connectivity index (χ3n) is 5.23. The summed E-state index contributed by atoms with van der Waals surface area (Å²) < 4.78 is 25.4. The van der Waals surface area contributed by atoms with Crippen LogP contribution in [-0.2, 0) is 10.0 Å². The minimum absolute atomic E-state index is 0.0965. The van der Waals surface area contributed by atoms with Crippen LogP contribution in [-0.4, -0.2) is 30.5 Å². The van der Waals surface area contributed by atoms with Gasteiger partial charge in [-0.1, -0.05) is 60.7 Å². The molecule has 1 amide bonds. The molecule has 0 saturated heterocycles. The number of hydrazone groups is 1. The van der Waals surface area contributed by atoms with Gasteiger partial charge < -0.3 is 4.98 Å². The third-order valence-corrected chi connectivity index (χ3v) is 6.45. The Balaban J connectivity index is 1.34. The summed E-state index contributed by atoms with van der Waals surface area (Å²) in [5, 5.41) is 8.37. The molecule has 8 nitrogen and oxygen atoms in total. The molecule has 0 unspecified atom stereocenters. The van der Waals surface area contributed by atoms with Gasteiger partial charge in [0.1, 0.15) is 0 Å². The first-order valence-corrected chi connectivity index (χ1v) is 11.9. The Morgan fingerprint density at radius 3 is 2.47 bits per heavy atom. The van der Waals surface area contributed by atoms with E-state index in [2.05, 4.69) is 25.2 Å². The number of hydrogen-bond donors (Lipinski definition) is 3. The van der Waals surface area contributed by atoms with Gasteiger partial charge in [0.25, 0.3) is 15.9 Å². The standard InChI is InChI=1S/C25H19N5O3S/c31-24(29-25-27-22-11-5-6-12-23(22)28-25)21-10-4-3-9-19(21)16-26-30-34(32,33)20-14-13-17-7-1-2-8-18(17)15-20/h1-16,30H,(H2,27,28,29,31). The largest absolute Gasteiger partial charge is 0.324 e. The van der Waals surface area contributed by atoms with Crippen LogP contribution in [0, 0.1) is 0 Å². The van der Waals surface area contributed by atoms with Gasteiger partial charge >= 0.3 is 0 Å². The maximum absolute atomic E-state index is 12.8. The highest BCUT2D eigenvalue weighted by Crippen LogP contribution is 2.19. The zero-order valence-corrected chi connectivity index (χ0v) is 18.6. The molecule has 1 heterocycles. The molecule has 0 spiro atoms. The van der Waals surface area contributed by atoms with Gasteiger partial charge in [-0.25, -0.2) is 9.82 Å². The lowest BCUT2D eigenvalue weighted by Gasteiger charge is -2.07. The van der Waals surface area contributed by atoms with E-state index in [-0.39, 0.29) is 4.90 Å². The number of H-pyrrole nitrogens is 1. The van der Waals surface area contributed by atoms with E-state index in [4.69, 9.17) is 0 Å². The first-order chi connectivity index (χ1) is 16.5. The average molecular weight is 470 g/mol. The normalized spacial score (nSPS) is 11.8. The Morgan fingerprint density at radius 2 is 1.62 bits per heavy atom. The van der Waals surface area contributed by atoms with E-state index >= 15 is 0 Å². The second kappa shape index (κ2) is 8.80. The topological polar surface area (TPSA) is 116 Å². The number of para-hydroxylation sites is 2. The van der Waals surface area contributed by atoms with E-state index in [0.717, 1.165) is 21.8 Å². The van der Waals surface area contributed by atoms with Crippen LogP contribution in [0.5, 0.6) is 0 Å². The number of aromatic nitrogens is 2. The van der Waals surface area contributed by atoms with Crippen molar-refractivity contribution >= 4 is 49.9 Å². The quantitative estimate of drug-likeness (QED) is 0.254. The van der Waals surface area contributed by atoms with E-state index in [9.17, 15) is 13.2 Å². The van der Waals surface area contributed by atoms with Gasteiger partial charge in [-0.05, 0) is 41.1 Å². The molecular formula is C25H19N5O3S. The van der Waals surface area contributed by atoms with Crippen LogP contribution in [0.1, 0.15) is 15.9 Å². The van der Waals surface area contributed by atoms with Crippen LogP contribution < -0.4 is 10.1 Å². The molecule has 34 heavy (non-hydrogen) atoms. The fourth-order valence-corrected chi connectivity index (χ4v) is 4.38. The van der Waals surface area contributed by atoms with Crippen LogP contribution in [0.25, 0.3) is 21.8 Å². The highest BCUT2D eigenvalue weighted by atomic mass is 32.2. The Labute approximate surface area is 195 Å². The molecule has 1 aromatic heterocycles. The highest BCUT2D eigenvalue weighted by molar-refractivity contribution is 7.89. The number of rotatable bonds is 6. The van der Waals surface area contributed by atoms with E-state index in [1.54, 1.807) is 36.4 Å². The fourth-order valence-electron chi connectivity index (χ4n) is 3.56. The number of hydrogen-bond acceptors (Lipinski definition) is 5. The van der Waals surface area contributed by atoms with Crippen molar-refractivity contribution in [2.45, 2.75) is 4.90 Å². The van der Waals surface area contributed by atoms with E-state index < -0.39 is 15.9 Å². The lowest BCUT2D eigenvalue weighted by molar-refractivity contribution is 0.102. The van der Waals surface area contributed by atoms with Crippen molar-refractivity contribution in [2.75, 3.05) is 5.32 Å². The van der Waals surface area contributed by atoms with Gasteiger partial charge in [0.2, 0.25) is 5.95 Å². The predicted molar refractivity (Wildman–Crippen MR) is 132 cm³/mol. The number of sulfonamides is 1. The van der Waals surface area contributed by atoms with Crippen molar-refractivity contribution < 1.29 is 13.2 Å². The zero-order chi connectivity index (χ0) is 23.5. The molecular weight excluding hydrogens is 450 g/mol. The van der Waals surface area contributed by atoms with Crippen LogP contribution in [0.2, 0.25) is 0 Å². The van der Waals surface area contributed by atoms with E-state index in [0.29, 0.717) is 17.1 Å². The first-order valence-electron chi connectivity index (χ1n) is 10.4. The summed E-state index contributed by atoms with van der Waals surface area (Å²) in [6, 6.07) is 26.5. The molecule has 5 rings (SSSR count). The molecule has 0 aliphatic rings. The maximum atomic E-state index is 12.8. The SMILES string of the molecule is O=C(Nc1nc2ccccc2[nH]1)c1ccccc1C=NNS(=O)(=O)c1ccc2ccccc2c1. The maximum Gasteiger partial charge on any atom is 0.276 e. The summed E-state index contributed by atoms with van der Waals surface area (Å²) in [6.07, 6.45) is 1.30. The number of carbonyl (C=O) groups is 1. The number of benzene rings is 4. The second-order valence-electron chi connectivity index (χ2n) is 7.51. The van der Waals surface area contributed by atoms with Crippen LogP contribution in [0.15, 0.2) is 101 Å². The molecule has 168 valence electrons. The third kappa shape index (κ3) is 4.37. The summed E-state index contributed by atoms with van der Waals surface area (Å²) >= 11 is 0. The Bertz CT molecular complexity index is 1620. The van der Waals surface area contributed by atoms with Crippen LogP contribution in [0.3, 0.4) is 0 Å². The molecule has 3 N–H and O–H groups in total. The van der Waals surface area contributed by atoms with Crippen molar-refractivity contribution in [3.05, 3.63) is 102 Å². The minimum Gasteiger partial charge on any atom is -0.324 e. The number of anilines is 1. The van der Waals surface area contributed by atoms with Crippen molar-refractivity contribution in [2.24, 2.45) is 5.10 Å². The molecule has 0 aliphatic carbocycles. The summed E-state index contributed by atoms with van der Waals surface area (Å²) in [4.78, 5) is 22.5. The monoisotopic (exact) mass is 469 g/mol. The molecule has 0 bridgehead atoms. The van der Waals surface area contributed by atoms with Gasteiger partial charge in [-0.3, -0.25) is 10.1 Å². The second-order valence-corrected chi connectivity index (χ2v) is 9.17. The van der Waals surface area contributed by atoms with Crippen molar-refractivity contribution in [3.63, 3.8) is 0 Å². The van der Waals surface area contributed by atoms with E-state index in [1.807, 2.05) is 48.5 Å². The van der Waals surface area contributed by atoms with Gasteiger partial charge in [-0.2, -0.15) is 13.5 Å². The van der Waals surface area contributed by atoms with E-state index in [1.165, 1.54) is 12.3 Å². The Morgan fingerprint density at radius 1 is 0.882 bits per heavy atom. The predicted octanol–water partition coefficient (Wildman–Crippen LogP) is 4.28. The highest BCUT2D eigenvalue weighted by Gasteiger charge is 2.15. The van der Waals surface area contributed by atoms with Gasteiger partial charge in [0.15, 0.2) is 0 Å². The zero-order valence-electron chi connectivity index (χ0n) is 17.8.